The Labute approximate surface area is 154 Å². The Hall–Kier alpha value is -1.84. The van der Waals surface area contributed by atoms with Gasteiger partial charge >= 0.3 is 0 Å². The lowest BCUT2D eigenvalue weighted by atomic mass is 10.2. The number of nitrogens with zero attached hydrogens (tertiary/aromatic N) is 3. The number of halogens is 1. The molecule has 1 aliphatic heterocycles. The highest BCUT2D eigenvalue weighted by Crippen LogP contribution is 2.20. The van der Waals surface area contributed by atoms with Gasteiger partial charge in [0, 0.05) is 18.0 Å². The monoisotopic (exact) mass is 353 g/mol. The maximum atomic E-state index is 6.03. The number of rotatable bonds is 6. The maximum Gasteiger partial charge on any atom is 0.110 e. The van der Waals surface area contributed by atoms with Crippen molar-refractivity contribution in [3.05, 3.63) is 64.9 Å². The number of hydrogen-bond donors (Lipinski definition) is 0. The van der Waals surface area contributed by atoms with Gasteiger partial charge in [0.2, 0.25) is 0 Å². The number of fused-ring (bicyclic) bond motifs is 1. The Morgan fingerprint density at radius 2 is 1.72 bits per heavy atom. The minimum absolute atomic E-state index is 0.782. The summed E-state index contributed by atoms with van der Waals surface area (Å²) in [5.41, 5.74) is 3.56. The van der Waals surface area contributed by atoms with E-state index in [0.29, 0.717) is 0 Å². The van der Waals surface area contributed by atoms with Crippen LogP contribution in [-0.4, -0.2) is 34.1 Å². The lowest BCUT2D eigenvalue weighted by Gasteiger charge is -2.14. The predicted octanol–water partition coefficient (Wildman–Crippen LogP) is 4.77. The van der Waals surface area contributed by atoms with E-state index in [9.17, 15) is 0 Å². The molecule has 0 unspecified atom stereocenters. The van der Waals surface area contributed by atoms with Crippen molar-refractivity contribution in [2.75, 3.05) is 19.6 Å². The molecule has 4 heteroatoms. The summed E-state index contributed by atoms with van der Waals surface area (Å²) < 4.78 is 2.36. The number of benzene rings is 2. The number of para-hydroxylation sites is 2. The van der Waals surface area contributed by atoms with E-state index < -0.39 is 0 Å². The molecule has 25 heavy (non-hydrogen) atoms. The van der Waals surface area contributed by atoms with Crippen molar-refractivity contribution < 1.29 is 0 Å². The van der Waals surface area contributed by atoms with Gasteiger partial charge in [-0.1, -0.05) is 35.9 Å². The standard InChI is InChI=1S/C21H24ClN3/c22-18-11-9-17(10-12-18)16-25-20-7-2-1-6-19(20)23-21(25)8-5-15-24-13-3-4-14-24/h1-2,6-7,9-12H,3-5,8,13-16H2. The van der Waals surface area contributed by atoms with E-state index in [4.69, 9.17) is 16.6 Å². The van der Waals surface area contributed by atoms with E-state index in [-0.39, 0.29) is 0 Å². The maximum absolute atomic E-state index is 6.03. The van der Waals surface area contributed by atoms with Crippen molar-refractivity contribution in [3.63, 3.8) is 0 Å². The topological polar surface area (TPSA) is 21.1 Å². The summed E-state index contributed by atoms with van der Waals surface area (Å²) in [5.74, 6) is 1.19. The van der Waals surface area contributed by atoms with Gasteiger partial charge in [-0.15, -0.1) is 0 Å². The summed E-state index contributed by atoms with van der Waals surface area (Å²) in [6.45, 7) is 4.56. The fraction of sp³-hybridized carbons (Fsp3) is 0.381. The van der Waals surface area contributed by atoms with Crippen molar-refractivity contribution in [1.29, 1.82) is 0 Å². The highest BCUT2D eigenvalue weighted by molar-refractivity contribution is 6.30. The highest BCUT2D eigenvalue weighted by Gasteiger charge is 2.14. The van der Waals surface area contributed by atoms with Gasteiger partial charge in [0.1, 0.15) is 5.82 Å². The van der Waals surface area contributed by atoms with Crippen LogP contribution in [0.1, 0.15) is 30.7 Å². The van der Waals surface area contributed by atoms with Crippen LogP contribution in [0.2, 0.25) is 5.02 Å². The van der Waals surface area contributed by atoms with Crippen molar-refractivity contribution in [3.8, 4) is 0 Å². The minimum Gasteiger partial charge on any atom is -0.323 e. The number of aromatic nitrogens is 2. The molecular formula is C21H24ClN3. The molecule has 0 bridgehead atoms. The number of aryl methyl sites for hydroxylation is 1. The zero-order valence-corrected chi connectivity index (χ0v) is 15.3. The van der Waals surface area contributed by atoms with Gasteiger partial charge in [0.05, 0.1) is 11.0 Å². The van der Waals surface area contributed by atoms with Crippen LogP contribution in [0.5, 0.6) is 0 Å². The van der Waals surface area contributed by atoms with Crippen molar-refractivity contribution in [1.82, 2.24) is 14.5 Å². The van der Waals surface area contributed by atoms with E-state index in [1.54, 1.807) is 0 Å². The Bertz CT molecular complexity index is 832. The molecule has 130 valence electrons. The van der Waals surface area contributed by atoms with Gasteiger partial charge in [0.25, 0.3) is 0 Å². The van der Waals surface area contributed by atoms with Gasteiger partial charge in [-0.2, -0.15) is 0 Å². The molecule has 1 aromatic heterocycles. The average Bonchev–Trinajstić information content (AvgIpc) is 3.26. The van der Waals surface area contributed by atoms with Crippen LogP contribution in [0, 0.1) is 0 Å². The minimum atomic E-state index is 0.782. The number of hydrogen-bond acceptors (Lipinski definition) is 2. The molecule has 2 aromatic carbocycles. The summed E-state index contributed by atoms with van der Waals surface area (Å²) >= 11 is 6.03. The lowest BCUT2D eigenvalue weighted by Crippen LogP contribution is -2.21. The summed E-state index contributed by atoms with van der Waals surface area (Å²) in [5, 5.41) is 0.782. The molecule has 1 fully saturated rings. The lowest BCUT2D eigenvalue weighted by molar-refractivity contribution is 0.332. The second-order valence-electron chi connectivity index (χ2n) is 6.88. The molecule has 0 aliphatic carbocycles. The Morgan fingerprint density at radius 3 is 2.52 bits per heavy atom. The summed E-state index contributed by atoms with van der Waals surface area (Å²) in [6.07, 6.45) is 4.91. The van der Waals surface area contributed by atoms with E-state index in [1.807, 2.05) is 12.1 Å². The fourth-order valence-corrected chi connectivity index (χ4v) is 3.86. The summed E-state index contributed by atoms with van der Waals surface area (Å²) in [4.78, 5) is 7.48. The molecule has 0 atom stereocenters. The van der Waals surface area contributed by atoms with Crippen LogP contribution >= 0.6 is 11.6 Å². The quantitative estimate of drug-likeness (QED) is 0.636. The third-order valence-corrected chi connectivity index (χ3v) is 5.31. The van der Waals surface area contributed by atoms with Gasteiger partial charge in [0.15, 0.2) is 0 Å². The molecule has 1 aliphatic rings. The van der Waals surface area contributed by atoms with Gasteiger partial charge in [-0.3, -0.25) is 0 Å². The molecule has 2 heterocycles. The van der Waals surface area contributed by atoms with Crippen molar-refractivity contribution in [2.24, 2.45) is 0 Å². The van der Waals surface area contributed by atoms with Gasteiger partial charge < -0.3 is 9.47 Å². The summed E-state index contributed by atoms with van der Waals surface area (Å²) in [7, 11) is 0. The number of likely N-dealkylation sites (tertiary alicyclic amines) is 1. The predicted molar refractivity (Wildman–Crippen MR) is 104 cm³/mol. The van der Waals surface area contributed by atoms with E-state index in [1.165, 1.54) is 55.8 Å². The Balaban J connectivity index is 1.55. The first-order valence-electron chi connectivity index (χ1n) is 9.20. The van der Waals surface area contributed by atoms with Gasteiger partial charge in [-0.05, 0) is 68.7 Å². The van der Waals surface area contributed by atoms with E-state index in [0.717, 1.165) is 23.5 Å². The zero-order valence-electron chi connectivity index (χ0n) is 14.5. The van der Waals surface area contributed by atoms with Crippen LogP contribution in [0.15, 0.2) is 48.5 Å². The Morgan fingerprint density at radius 1 is 0.960 bits per heavy atom. The molecule has 0 N–H and O–H groups in total. The molecule has 0 saturated carbocycles. The SMILES string of the molecule is Clc1ccc(Cn2c(CCCN3CCCC3)nc3ccccc32)cc1. The Kier molecular flexibility index (Phi) is 5.04. The van der Waals surface area contributed by atoms with E-state index >= 15 is 0 Å². The fourth-order valence-electron chi connectivity index (χ4n) is 3.73. The second kappa shape index (κ2) is 7.59. The second-order valence-corrected chi connectivity index (χ2v) is 7.32. The van der Waals surface area contributed by atoms with Crippen LogP contribution in [0.4, 0.5) is 0 Å². The van der Waals surface area contributed by atoms with E-state index in [2.05, 4.69) is 45.9 Å². The molecule has 3 aromatic rings. The largest absolute Gasteiger partial charge is 0.323 e. The molecule has 0 radical (unpaired) electrons. The smallest absolute Gasteiger partial charge is 0.110 e. The molecular weight excluding hydrogens is 330 g/mol. The summed E-state index contributed by atoms with van der Waals surface area (Å²) in [6, 6.07) is 16.6. The van der Waals surface area contributed by atoms with Crippen LogP contribution < -0.4 is 0 Å². The third-order valence-electron chi connectivity index (χ3n) is 5.06. The first-order valence-corrected chi connectivity index (χ1v) is 9.58. The third kappa shape index (κ3) is 3.88. The first-order chi connectivity index (χ1) is 12.3. The molecule has 0 amide bonds. The van der Waals surface area contributed by atoms with Crippen LogP contribution in [-0.2, 0) is 13.0 Å². The van der Waals surface area contributed by atoms with Crippen molar-refractivity contribution in [2.45, 2.75) is 32.2 Å². The molecule has 0 spiro atoms. The first kappa shape index (κ1) is 16.6. The molecule has 4 rings (SSSR count). The normalized spacial score (nSPS) is 15.2. The van der Waals surface area contributed by atoms with Crippen LogP contribution in [0.3, 0.4) is 0 Å². The van der Waals surface area contributed by atoms with Crippen molar-refractivity contribution >= 4 is 22.6 Å². The van der Waals surface area contributed by atoms with Crippen LogP contribution in [0.25, 0.3) is 11.0 Å². The number of imidazole rings is 1. The zero-order chi connectivity index (χ0) is 17.1. The molecule has 1 saturated heterocycles. The highest BCUT2D eigenvalue weighted by atomic mass is 35.5. The molecule has 3 nitrogen and oxygen atoms in total. The average molecular weight is 354 g/mol. The van der Waals surface area contributed by atoms with Gasteiger partial charge in [-0.25, -0.2) is 4.98 Å².